The van der Waals surface area contributed by atoms with Gasteiger partial charge in [0.2, 0.25) is 0 Å². The predicted octanol–water partition coefficient (Wildman–Crippen LogP) is 3.07. The third-order valence-electron chi connectivity index (χ3n) is 3.17. The summed E-state index contributed by atoms with van der Waals surface area (Å²) in [5, 5.41) is 13.4. The fourth-order valence-corrected chi connectivity index (χ4v) is 2.17. The molecule has 87 valence electrons. The van der Waals surface area contributed by atoms with E-state index in [1.807, 2.05) is 6.07 Å². The van der Waals surface area contributed by atoms with E-state index >= 15 is 0 Å². The van der Waals surface area contributed by atoms with Gasteiger partial charge < -0.3 is 0 Å². The van der Waals surface area contributed by atoms with Crippen LogP contribution >= 0.6 is 0 Å². The van der Waals surface area contributed by atoms with E-state index in [9.17, 15) is 0 Å². The van der Waals surface area contributed by atoms with Gasteiger partial charge in [0.1, 0.15) is 0 Å². The maximum Gasteiger partial charge on any atom is 0.0994 e. The standard InChI is InChI=1S/C15H17N2/c1-11(2)15-9-13(3-4-14(15)10-16)12-5-7-17-8-6-12/h3-5,9,11H,6-8H2,1-2H3. The fourth-order valence-electron chi connectivity index (χ4n) is 2.17. The lowest BCUT2D eigenvalue weighted by atomic mass is 9.91. The summed E-state index contributed by atoms with van der Waals surface area (Å²) in [7, 11) is 0. The highest BCUT2D eigenvalue weighted by Crippen LogP contribution is 2.26. The summed E-state index contributed by atoms with van der Waals surface area (Å²) in [4.78, 5) is 0. The molecule has 0 saturated heterocycles. The maximum atomic E-state index is 9.09. The molecule has 0 N–H and O–H groups in total. The Hall–Kier alpha value is -1.59. The van der Waals surface area contributed by atoms with Crippen molar-refractivity contribution in [2.45, 2.75) is 26.2 Å². The van der Waals surface area contributed by atoms with Gasteiger partial charge in [0.05, 0.1) is 11.6 Å². The lowest BCUT2D eigenvalue weighted by Crippen LogP contribution is -2.13. The van der Waals surface area contributed by atoms with Gasteiger partial charge in [-0.2, -0.15) is 5.26 Å². The van der Waals surface area contributed by atoms with E-state index in [2.05, 4.69) is 43.4 Å². The maximum absolute atomic E-state index is 9.09. The van der Waals surface area contributed by atoms with Crippen molar-refractivity contribution >= 4 is 5.57 Å². The average Bonchev–Trinajstić information content (AvgIpc) is 2.39. The number of benzene rings is 1. The first-order valence-electron chi connectivity index (χ1n) is 6.09. The SMILES string of the molecule is CC(C)c1cc(C2=CC[N]CC2)ccc1C#N. The monoisotopic (exact) mass is 225 g/mol. The molecule has 0 saturated carbocycles. The van der Waals surface area contributed by atoms with Gasteiger partial charge in [0, 0.05) is 13.1 Å². The molecule has 0 atom stereocenters. The first kappa shape index (κ1) is 11.9. The summed E-state index contributed by atoms with van der Waals surface area (Å²) in [6.07, 6.45) is 3.21. The molecule has 0 bridgehead atoms. The van der Waals surface area contributed by atoms with Crippen LogP contribution in [0, 0.1) is 11.3 Å². The topological polar surface area (TPSA) is 37.9 Å². The van der Waals surface area contributed by atoms with Crippen molar-refractivity contribution in [2.75, 3.05) is 13.1 Å². The minimum absolute atomic E-state index is 0.387. The average molecular weight is 225 g/mol. The van der Waals surface area contributed by atoms with Gasteiger partial charge in [-0.25, -0.2) is 5.32 Å². The van der Waals surface area contributed by atoms with Crippen molar-refractivity contribution in [1.82, 2.24) is 5.32 Å². The summed E-state index contributed by atoms with van der Waals surface area (Å²) in [6.45, 7) is 6.00. The third kappa shape index (κ3) is 2.57. The molecule has 2 nitrogen and oxygen atoms in total. The van der Waals surface area contributed by atoms with E-state index in [0.717, 1.165) is 30.6 Å². The molecule has 0 aliphatic carbocycles. The molecule has 0 spiro atoms. The van der Waals surface area contributed by atoms with E-state index < -0.39 is 0 Å². The van der Waals surface area contributed by atoms with Crippen molar-refractivity contribution < 1.29 is 0 Å². The molecule has 1 aliphatic heterocycles. The van der Waals surface area contributed by atoms with Gasteiger partial charge in [0.15, 0.2) is 0 Å². The first-order chi connectivity index (χ1) is 8.22. The lowest BCUT2D eigenvalue weighted by Gasteiger charge is -2.16. The van der Waals surface area contributed by atoms with Crippen LogP contribution in [0.4, 0.5) is 0 Å². The normalized spacial score (nSPS) is 15.5. The molecule has 0 aromatic heterocycles. The number of rotatable bonds is 2. The molecule has 1 aromatic carbocycles. The number of hydrogen-bond donors (Lipinski definition) is 0. The van der Waals surface area contributed by atoms with Crippen LogP contribution in [0.1, 0.15) is 42.9 Å². The fraction of sp³-hybridized carbons (Fsp3) is 0.400. The van der Waals surface area contributed by atoms with E-state index in [0.29, 0.717) is 5.92 Å². The lowest BCUT2D eigenvalue weighted by molar-refractivity contribution is 0.723. The van der Waals surface area contributed by atoms with E-state index in [1.54, 1.807) is 0 Å². The van der Waals surface area contributed by atoms with E-state index in [4.69, 9.17) is 5.26 Å². The molecule has 1 heterocycles. The molecule has 1 aliphatic rings. The molecule has 2 heteroatoms. The second-order valence-electron chi connectivity index (χ2n) is 4.68. The van der Waals surface area contributed by atoms with Crippen molar-refractivity contribution in [3.63, 3.8) is 0 Å². The van der Waals surface area contributed by atoms with Gasteiger partial charge in [0.25, 0.3) is 0 Å². The van der Waals surface area contributed by atoms with Gasteiger partial charge in [-0.3, -0.25) is 0 Å². The van der Waals surface area contributed by atoms with Crippen LogP contribution in [0.15, 0.2) is 24.3 Å². The van der Waals surface area contributed by atoms with Crippen LogP contribution in [0.25, 0.3) is 5.57 Å². The highest BCUT2D eigenvalue weighted by atomic mass is 14.8. The summed E-state index contributed by atoms with van der Waals surface area (Å²) >= 11 is 0. The third-order valence-corrected chi connectivity index (χ3v) is 3.17. The number of nitriles is 1. The second kappa shape index (κ2) is 5.16. The summed E-state index contributed by atoms with van der Waals surface area (Å²) in [6, 6.07) is 8.43. The smallest absolute Gasteiger partial charge is 0.0994 e. The van der Waals surface area contributed by atoms with Crippen molar-refractivity contribution in [3.8, 4) is 6.07 Å². The Morgan fingerprint density at radius 2 is 2.18 bits per heavy atom. The molecule has 0 amide bonds. The summed E-state index contributed by atoms with van der Waals surface area (Å²) in [5.74, 6) is 0.387. The zero-order chi connectivity index (χ0) is 12.3. The van der Waals surface area contributed by atoms with Crippen LogP contribution in [-0.2, 0) is 0 Å². The van der Waals surface area contributed by atoms with Crippen LogP contribution in [0.3, 0.4) is 0 Å². The number of hydrogen-bond acceptors (Lipinski definition) is 1. The molecular formula is C15H17N2. The predicted molar refractivity (Wildman–Crippen MR) is 69.7 cm³/mol. The Morgan fingerprint density at radius 3 is 2.76 bits per heavy atom. The first-order valence-corrected chi connectivity index (χ1v) is 6.09. The summed E-state index contributed by atoms with van der Waals surface area (Å²) in [5.41, 5.74) is 4.56. The highest BCUT2D eigenvalue weighted by molar-refractivity contribution is 5.68. The molecule has 1 aromatic rings. The largest absolute Gasteiger partial charge is 0.237 e. The van der Waals surface area contributed by atoms with Crippen LogP contribution in [-0.4, -0.2) is 13.1 Å². The van der Waals surface area contributed by atoms with Gasteiger partial charge in [-0.15, -0.1) is 0 Å². The van der Waals surface area contributed by atoms with Crippen LogP contribution in [0.5, 0.6) is 0 Å². The van der Waals surface area contributed by atoms with Gasteiger partial charge in [-0.05, 0) is 41.2 Å². The van der Waals surface area contributed by atoms with Gasteiger partial charge in [-0.1, -0.05) is 26.0 Å². The molecule has 0 fully saturated rings. The van der Waals surface area contributed by atoms with E-state index in [1.165, 1.54) is 11.1 Å². The second-order valence-corrected chi connectivity index (χ2v) is 4.68. The molecule has 17 heavy (non-hydrogen) atoms. The van der Waals surface area contributed by atoms with Crippen LogP contribution < -0.4 is 5.32 Å². The zero-order valence-electron chi connectivity index (χ0n) is 10.4. The Labute approximate surface area is 103 Å². The van der Waals surface area contributed by atoms with Crippen molar-refractivity contribution in [3.05, 3.63) is 41.0 Å². The highest BCUT2D eigenvalue weighted by Gasteiger charge is 2.11. The Kier molecular flexibility index (Phi) is 3.61. The van der Waals surface area contributed by atoms with Gasteiger partial charge >= 0.3 is 0 Å². The number of nitrogens with zero attached hydrogens (tertiary/aromatic N) is 2. The Bertz CT molecular complexity index is 478. The van der Waals surface area contributed by atoms with Crippen molar-refractivity contribution in [2.24, 2.45) is 0 Å². The molecule has 1 radical (unpaired) electrons. The quantitative estimate of drug-likeness (QED) is 0.762. The van der Waals surface area contributed by atoms with Crippen LogP contribution in [0.2, 0.25) is 0 Å². The zero-order valence-corrected chi connectivity index (χ0v) is 10.4. The molecule has 2 rings (SSSR count). The summed E-state index contributed by atoms with van der Waals surface area (Å²) < 4.78 is 0. The van der Waals surface area contributed by atoms with E-state index in [-0.39, 0.29) is 0 Å². The Morgan fingerprint density at radius 1 is 1.35 bits per heavy atom. The molecular weight excluding hydrogens is 208 g/mol. The minimum atomic E-state index is 0.387. The minimum Gasteiger partial charge on any atom is -0.237 e. The Balaban J connectivity index is 2.40. The molecule has 0 unspecified atom stereocenters. The van der Waals surface area contributed by atoms with Crippen molar-refractivity contribution in [1.29, 1.82) is 5.26 Å².